The fourth-order valence-electron chi connectivity index (χ4n) is 1.84. The number of carbonyl (C=O) groups is 1. The Morgan fingerprint density at radius 2 is 1.94 bits per heavy atom. The Morgan fingerprint density at radius 3 is 2.50 bits per heavy atom. The summed E-state index contributed by atoms with van der Waals surface area (Å²) in [6, 6.07) is 5.74. The second-order valence-corrected chi connectivity index (χ2v) is 6.91. The van der Waals surface area contributed by atoms with Crippen molar-refractivity contribution >= 4 is 39.7 Å². The summed E-state index contributed by atoms with van der Waals surface area (Å²) in [5, 5.41) is 1.91. The van der Waals surface area contributed by atoms with Gasteiger partial charge < -0.3 is 4.74 Å². The molecule has 0 aliphatic carbocycles. The summed E-state index contributed by atoms with van der Waals surface area (Å²) in [7, 11) is 1.64. The first-order valence-corrected chi connectivity index (χ1v) is 7.42. The van der Waals surface area contributed by atoms with Crippen LogP contribution in [0.2, 0.25) is 0 Å². The molecule has 2 rings (SSSR count). The first-order valence-electron chi connectivity index (χ1n) is 5.47. The summed E-state index contributed by atoms with van der Waals surface area (Å²) in [5.74, 6) is 0.904. The van der Waals surface area contributed by atoms with E-state index in [1.807, 2.05) is 37.4 Å². The zero-order valence-corrected chi connectivity index (χ0v) is 13.4. The van der Waals surface area contributed by atoms with Gasteiger partial charge in [0.15, 0.2) is 5.78 Å². The molecule has 0 saturated heterocycles. The third kappa shape index (κ3) is 2.59. The first-order chi connectivity index (χ1) is 8.52. The molecule has 0 N–H and O–H groups in total. The minimum atomic E-state index is 0.0809. The van der Waals surface area contributed by atoms with Crippen LogP contribution in [0.3, 0.4) is 0 Å². The van der Waals surface area contributed by atoms with Crippen molar-refractivity contribution in [2.24, 2.45) is 0 Å². The fraction of sp³-hybridized carbons (Fsp3) is 0.214. The van der Waals surface area contributed by atoms with Crippen LogP contribution in [0, 0.1) is 16.7 Å². The van der Waals surface area contributed by atoms with Crippen molar-refractivity contribution in [1.82, 2.24) is 0 Å². The maximum Gasteiger partial charge on any atom is 0.194 e. The van der Waals surface area contributed by atoms with Gasteiger partial charge in [-0.05, 0) is 65.8 Å². The molecule has 0 fully saturated rings. The second-order valence-electron chi connectivity index (χ2n) is 4.11. The Morgan fingerprint density at radius 1 is 1.22 bits per heavy atom. The number of benzene rings is 1. The highest BCUT2D eigenvalue weighted by atomic mass is 127. The Kier molecular flexibility index (Phi) is 4.07. The van der Waals surface area contributed by atoms with Crippen LogP contribution < -0.4 is 4.74 Å². The van der Waals surface area contributed by atoms with Crippen LogP contribution in [0.4, 0.5) is 0 Å². The molecular formula is C14H13IO2S. The molecule has 0 bridgehead atoms. The highest BCUT2D eigenvalue weighted by Crippen LogP contribution is 2.26. The third-order valence-corrected chi connectivity index (χ3v) is 4.61. The van der Waals surface area contributed by atoms with Gasteiger partial charge in [-0.15, -0.1) is 11.3 Å². The van der Waals surface area contributed by atoms with Crippen LogP contribution in [-0.4, -0.2) is 12.9 Å². The predicted molar refractivity (Wildman–Crippen MR) is 82.9 cm³/mol. The van der Waals surface area contributed by atoms with Gasteiger partial charge in [0.05, 0.1) is 9.99 Å². The van der Waals surface area contributed by atoms with Crippen molar-refractivity contribution in [3.8, 4) is 5.75 Å². The van der Waals surface area contributed by atoms with Crippen LogP contribution in [0.1, 0.15) is 27.0 Å². The van der Waals surface area contributed by atoms with Crippen LogP contribution in [0.15, 0.2) is 23.6 Å². The fourth-order valence-corrected chi connectivity index (χ4v) is 3.17. The smallest absolute Gasteiger partial charge is 0.194 e. The number of hydrogen-bond acceptors (Lipinski definition) is 3. The molecule has 2 nitrogen and oxygen atoms in total. The first kappa shape index (κ1) is 13.5. The summed E-state index contributed by atoms with van der Waals surface area (Å²) in [4.78, 5) is 12.4. The molecule has 0 unspecified atom stereocenters. The Bertz CT molecular complexity index is 602. The quantitative estimate of drug-likeness (QED) is 0.596. The van der Waals surface area contributed by atoms with Crippen LogP contribution in [0.25, 0.3) is 0 Å². The number of aryl methyl sites for hydroxylation is 2. The summed E-state index contributed by atoms with van der Waals surface area (Å²) in [5.41, 5.74) is 3.44. The van der Waals surface area contributed by atoms with Crippen LogP contribution >= 0.6 is 33.9 Å². The lowest BCUT2D eigenvalue weighted by Crippen LogP contribution is -2.04. The Balaban J connectivity index is 2.45. The van der Waals surface area contributed by atoms with E-state index < -0.39 is 0 Å². The van der Waals surface area contributed by atoms with E-state index in [0.717, 1.165) is 30.9 Å². The maximum atomic E-state index is 12.4. The zero-order chi connectivity index (χ0) is 13.3. The number of carbonyl (C=O) groups excluding carboxylic acids is 1. The number of methoxy groups -OCH3 is 1. The lowest BCUT2D eigenvalue weighted by molar-refractivity contribution is 0.103. The van der Waals surface area contributed by atoms with E-state index in [1.54, 1.807) is 18.4 Å². The molecule has 4 heteroatoms. The van der Waals surface area contributed by atoms with Gasteiger partial charge in [-0.2, -0.15) is 0 Å². The lowest BCUT2D eigenvalue weighted by atomic mass is 9.98. The average Bonchev–Trinajstić information content (AvgIpc) is 2.77. The van der Waals surface area contributed by atoms with Crippen molar-refractivity contribution in [3.63, 3.8) is 0 Å². The van der Waals surface area contributed by atoms with Gasteiger partial charge in [-0.25, -0.2) is 0 Å². The second kappa shape index (κ2) is 5.40. The number of halogens is 1. The molecule has 0 aliphatic heterocycles. The van der Waals surface area contributed by atoms with Crippen molar-refractivity contribution in [1.29, 1.82) is 0 Å². The van der Waals surface area contributed by atoms with E-state index in [-0.39, 0.29) is 5.78 Å². The number of thiophene rings is 1. The van der Waals surface area contributed by atoms with Gasteiger partial charge in [0.1, 0.15) is 5.75 Å². The zero-order valence-electron chi connectivity index (χ0n) is 10.4. The standard InChI is InChI=1S/C14H13IO2S/c1-8-5-12(17-3)9(2)4-11(8)14(16)10-6-13(15)18-7-10/h4-7H,1-3H3. The molecule has 0 amide bonds. The van der Waals surface area contributed by atoms with E-state index in [4.69, 9.17) is 4.74 Å². The predicted octanol–water partition coefficient (Wildman–Crippen LogP) is 4.21. The van der Waals surface area contributed by atoms with Crippen molar-refractivity contribution in [2.45, 2.75) is 13.8 Å². The van der Waals surface area contributed by atoms with Crippen LogP contribution in [0.5, 0.6) is 5.75 Å². The SMILES string of the molecule is COc1cc(C)c(C(=O)c2csc(I)c2)cc1C. The summed E-state index contributed by atoms with van der Waals surface area (Å²) in [6.45, 7) is 3.89. The molecule has 0 saturated carbocycles. The molecule has 0 radical (unpaired) electrons. The highest BCUT2D eigenvalue weighted by molar-refractivity contribution is 14.1. The normalized spacial score (nSPS) is 10.4. The van der Waals surface area contributed by atoms with E-state index >= 15 is 0 Å². The third-order valence-electron chi connectivity index (χ3n) is 2.82. The minimum absolute atomic E-state index is 0.0809. The molecule has 1 aromatic carbocycles. The molecule has 94 valence electrons. The maximum absolute atomic E-state index is 12.4. The van der Waals surface area contributed by atoms with E-state index in [0.29, 0.717) is 0 Å². The molecule has 2 aromatic rings. The van der Waals surface area contributed by atoms with Crippen molar-refractivity contribution < 1.29 is 9.53 Å². The van der Waals surface area contributed by atoms with Crippen molar-refractivity contribution in [2.75, 3.05) is 7.11 Å². The number of rotatable bonds is 3. The lowest BCUT2D eigenvalue weighted by Gasteiger charge is -2.10. The van der Waals surface area contributed by atoms with Gasteiger partial charge in [-0.3, -0.25) is 4.79 Å². The largest absolute Gasteiger partial charge is 0.496 e. The van der Waals surface area contributed by atoms with Gasteiger partial charge >= 0.3 is 0 Å². The minimum Gasteiger partial charge on any atom is -0.496 e. The molecule has 18 heavy (non-hydrogen) atoms. The van der Waals surface area contributed by atoms with E-state index in [9.17, 15) is 4.79 Å². The van der Waals surface area contributed by atoms with E-state index in [1.165, 1.54) is 0 Å². The molecule has 0 atom stereocenters. The van der Waals surface area contributed by atoms with Gasteiger partial charge in [-0.1, -0.05) is 0 Å². The Labute approximate surface area is 124 Å². The highest BCUT2D eigenvalue weighted by Gasteiger charge is 2.15. The monoisotopic (exact) mass is 372 g/mol. The number of ether oxygens (including phenoxy) is 1. The molecular weight excluding hydrogens is 359 g/mol. The average molecular weight is 372 g/mol. The molecule has 1 heterocycles. The molecule has 0 spiro atoms. The summed E-state index contributed by atoms with van der Waals surface area (Å²) in [6.07, 6.45) is 0. The molecule has 0 aliphatic rings. The van der Waals surface area contributed by atoms with Crippen LogP contribution in [-0.2, 0) is 0 Å². The summed E-state index contributed by atoms with van der Waals surface area (Å²) >= 11 is 3.81. The van der Waals surface area contributed by atoms with E-state index in [2.05, 4.69) is 22.6 Å². The van der Waals surface area contributed by atoms with Gasteiger partial charge in [0, 0.05) is 16.5 Å². The van der Waals surface area contributed by atoms with Crippen molar-refractivity contribution in [3.05, 3.63) is 48.7 Å². The topological polar surface area (TPSA) is 26.3 Å². The number of ketones is 1. The Hall–Kier alpha value is -0.880. The van der Waals surface area contributed by atoms with Gasteiger partial charge in [0.25, 0.3) is 0 Å². The molecule has 1 aromatic heterocycles. The summed E-state index contributed by atoms with van der Waals surface area (Å²) < 4.78 is 6.38. The number of hydrogen-bond donors (Lipinski definition) is 0. The van der Waals surface area contributed by atoms with Gasteiger partial charge in [0.2, 0.25) is 0 Å².